The monoisotopic (exact) mass is 412 g/mol. The Labute approximate surface area is 174 Å². The Morgan fingerprint density at radius 1 is 1.07 bits per heavy atom. The number of quaternary nitrogens is 1. The van der Waals surface area contributed by atoms with Gasteiger partial charge in [0.2, 0.25) is 0 Å². The van der Waals surface area contributed by atoms with E-state index in [0.717, 1.165) is 12.0 Å². The maximum Gasteiger partial charge on any atom is 0.305 e. The summed E-state index contributed by atoms with van der Waals surface area (Å²) < 4.78 is 5.00. The highest BCUT2D eigenvalue weighted by molar-refractivity contribution is 7.10. The lowest BCUT2D eigenvalue weighted by atomic mass is 9.95. The molecule has 2 amide bonds. The molecule has 0 saturated heterocycles. The normalized spacial score (nSPS) is 12.9. The van der Waals surface area contributed by atoms with E-state index in [4.69, 9.17) is 4.42 Å². The molecule has 7 heteroatoms. The predicted octanol–water partition coefficient (Wildman–Crippen LogP) is 2.97. The SMILES string of the molecule is CC[C@H](C)c1ccc([C@H]([NH2+]CC(=O)NNC(=O)c2ccco2)c2cccs2)cc1. The Morgan fingerprint density at radius 3 is 2.45 bits per heavy atom. The molecule has 152 valence electrons. The van der Waals surface area contributed by atoms with Crippen LogP contribution in [-0.2, 0) is 4.79 Å². The van der Waals surface area contributed by atoms with Crippen LogP contribution < -0.4 is 16.2 Å². The van der Waals surface area contributed by atoms with Crippen LogP contribution in [0.2, 0.25) is 0 Å². The molecule has 0 fully saturated rings. The summed E-state index contributed by atoms with van der Waals surface area (Å²) in [6, 6.07) is 15.9. The zero-order valence-corrected chi connectivity index (χ0v) is 17.4. The number of hydrazine groups is 1. The van der Waals surface area contributed by atoms with Crippen LogP contribution in [-0.4, -0.2) is 18.4 Å². The number of hydrogen-bond acceptors (Lipinski definition) is 4. The molecule has 0 radical (unpaired) electrons. The minimum atomic E-state index is -0.487. The third-order valence-electron chi connectivity index (χ3n) is 4.93. The first-order valence-corrected chi connectivity index (χ1v) is 10.6. The number of benzene rings is 1. The summed E-state index contributed by atoms with van der Waals surface area (Å²) in [5.74, 6) is -0.106. The van der Waals surface area contributed by atoms with Gasteiger partial charge in [0, 0.05) is 5.56 Å². The minimum Gasteiger partial charge on any atom is -0.459 e. The number of carbonyl (C=O) groups is 2. The van der Waals surface area contributed by atoms with Crippen molar-refractivity contribution in [1.29, 1.82) is 0 Å². The van der Waals surface area contributed by atoms with E-state index in [1.165, 1.54) is 22.8 Å². The molecule has 0 bridgehead atoms. The van der Waals surface area contributed by atoms with Gasteiger partial charge in [-0.3, -0.25) is 20.4 Å². The molecule has 0 aliphatic carbocycles. The van der Waals surface area contributed by atoms with Crippen molar-refractivity contribution in [3.05, 3.63) is 81.9 Å². The number of amides is 2. The Bertz CT molecular complexity index is 905. The van der Waals surface area contributed by atoms with Crippen molar-refractivity contribution >= 4 is 23.2 Å². The van der Waals surface area contributed by atoms with Crippen LogP contribution in [0.3, 0.4) is 0 Å². The smallest absolute Gasteiger partial charge is 0.305 e. The molecule has 0 aliphatic rings. The van der Waals surface area contributed by atoms with Gasteiger partial charge in [-0.25, -0.2) is 0 Å². The second-order valence-corrected chi connectivity index (χ2v) is 7.87. The van der Waals surface area contributed by atoms with Gasteiger partial charge >= 0.3 is 5.91 Å². The molecule has 6 nitrogen and oxygen atoms in total. The Hall–Kier alpha value is -2.90. The molecule has 0 saturated carbocycles. The summed E-state index contributed by atoms with van der Waals surface area (Å²) in [5.41, 5.74) is 7.25. The predicted molar refractivity (Wildman–Crippen MR) is 112 cm³/mol. The van der Waals surface area contributed by atoms with E-state index in [0.29, 0.717) is 5.92 Å². The summed E-state index contributed by atoms with van der Waals surface area (Å²) in [6.07, 6.45) is 2.51. The first-order valence-electron chi connectivity index (χ1n) is 9.67. The van der Waals surface area contributed by atoms with Crippen molar-refractivity contribution in [2.75, 3.05) is 6.54 Å². The number of nitrogens with two attached hydrogens (primary N) is 1. The van der Waals surface area contributed by atoms with Crippen LogP contribution in [0.1, 0.15) is 58.8 Å². The van der Waals surface area contributed by atoms with Gasteiger partial charge in [-0.15, -0.1) is 11.3 Å². The van der Waals surface area contributed by atoms with Gasteiger partial charge in [0.15, 0.2) is 12.3 Å². The largest absolute Gasteiger partial charge is 0.459 e. The zero-order valence-electron chi connectivity index (χ0n) is 16.6. The summed E-state index contributed by atoms with van der Waals surface area (Å²) in [5, 5.41) is 4.01. The van der Waals surface area contributed by atoms with Crippen LogP contribution >= 0.6 is 11.3 Å². The van der Waals surface area contributed by atoms with Crippen LogP contribution in [0.5, 0.6) is 0 Å². The highest BCUT2D eigenvalue weighted by Gasteiger charge is 2.21. The molecule has 2 heterocycles. The average molecular weight is 413 g/mol. The van der Waals surface area contributed by atoms with Gasteiger partial charge in [-0.1, -0.05) is 44.2 Å². The van der Waals surface area contributed by atoms with Crippen molar-refractivity contribution in [3.8, 4) is 0 Å². The molecule has 2 atom stereocenters. The number of thiophene rings is 1. The van der Waals surface area contributed by atoms with E-state index in [1.807, 2.05) is 16.8 Å². The molecule has 2 aromatic heterocycles. The van der Waals surface area contributed by atoms with Gasteiger partial charge in [0.1, 0.15) is 6.04 Å². The van der Waals surface area contributed by atoms with E-state index in [2.05, 4.69) is 55.0 Å². The van der Waals surface area contributed by atoms with E-state index in [-0.39, 0.29) is 24.3 Å². The Kier molecular flexibility index (Phi) is 7.21. The third-order valence-corrected chi connectivity index (χ3v) is 5.88. The fraction of sp³-hybridized carbons (Fsp3) is 0.273. The number of furan rings is 1. The molecule has 0 unspecified atom stereocenters. The summed E-state index contributed by atoms with van der Waals surface area (Å²) in [7, 11) is 0. The van der Waals surface area contributed by atoms with Gasteiger partial charge < -0.3 is 9.73 Å². The minimum absolute atomic E-state index is 0.0208. The van der Waals surface area contributed by atoms with E-state index < -0.39 is 5.91 Å². The van der Waals surface area contributed by atoms with Crippen LogP contribution in [0.15, 0.2) is 64.6 Å². The second-order valence-electron chi connectivity index (χ2n) is 6.89. The van der Waals surface area contributed by atoms with E-state index in [9.17, 15) is 9.59 Å². The molecule has 4 N–H and O–H groups in total. The summed E-state index contributed by atoms with van der Waals surface area (Å²) in [4.78, 5) is 25.2. The number of hydrogen-bond donors (Lipinski definition) is 3. The van der Waals surface area contributed by atoms with Gasteiger partial charge in [0.05, 0.1) is 11.1 Å². The quantitative estimate of drug-likeness (QED) is 0.497. The maximum atomic E-state index is 12.2. The Morgan fingerprint density at radius 2 is 1.83 bits per heavy atom. The third kappa shape index (κ3) is 5.56. The number of rotatable bonds is 8. The standard InChI is InChI=1S/C22H25N3O3S/c1-3-15(2)16-8-10-17(11-9-16)21(19-7-5-13-29-19)23-14-20(26)24-25-22(27)18-6-4-12-28-18/h4-13,15,21,23H,3,14H2,1-2H3,(H,24,26)(H,25,27)/p+1/t15-,21-/m0/s1. The van der Waals surface area contributed by atoms with Crippen molar-refractivity contribution in [3.63, 3.8) is 0 Å². The molecule has 3 rings (SSSR count). The fourth-order valence-corrected chi connectivity index (χ4v) is 3.87. The average Bonchev–Trinajstić information content (AvgIpc) is 3.46. The molecule has 0 spiro atoms. The highest BCUT2D eigenvalue weighted by atomic mass is 32.1. The summed E-state index contributed by atoms with van der Waals surface area (Å²) >= 11 is 1.66. The van der Waals surface area contributed by atoms with Crippen molar-refractivity contribution < 1.29 is 19.3 Å². The highest BCUT2D eigenvalue weighted by Crippen LogP contribution is 2.25. The van der Waals surface area contributed by atoms with Crippen LogP contribution in [0, 0.1) is 0 Å². The van der Waals surface area contributed by atoms with Crippen molar-refractivity contribution in [2.24, 2.45) is 0 Å². The molecule has 1 aromatic carbocycles. The fourth-order valence-electron chi connectivity index (χ4n) is 3.02. The number of nitrogens with one attached hydrogen (secondary N) is 2. The lowest BCUT2D eigenvalue weighted by molar-refractivity contribution is -0.676. The Balaban J connectivity index is 1.61. The summed E-state index contributed by atoms with van der Waals surface area (Å²) in [6.45, 7) is 4.58. The van der Waals surface area contributed by atoms with Gasteiger partial charge in [0.25, 0.3) is 5.91 Å². The van der Waals surface area contributed by atoms with E-state index in [1.54, 1.807) is 17.4 Å². The maximum absolute atomic E-state index is 12.2. The number of carbonyl (C=O) groups excluding carboxylic acids is 2. The lowest BCUT2D eigenvalue weighted by Gasteiger charge is -2.16. The molecular weight excluding hydrogens is 386 g/mol. The topological polar surface area (TPSA) is 88.0 Å². The second kappa shape index (κ2) is 10.0. The van der Waals surface area contributed by atoms with Crippen LogP contribution in [0.4, 0.5) is 0 Å². The molecule has 29 heavy (non-hydrogen) atoms. The van der Waals surface area contributed by atoms with Gasteiger partial charge in [-0.05, 0) is 41.5 Å². The molecule has 0 aliphatic heterocycles. The first kappa shape index (κ1) is 20.8. The first-order chi connectivity index (χ1) is 14.1. The lowest BCUT2D eigenvalue weighted by Crippen LogP contribution is -2.88. The molecule has 3 aromatic rings. The van der Waals surface area contributed by atoms with Gasteiger partial charge in [-0.2, -0.15) is 0 Å². The van der Waals surface area contributed by atoms with Crippen LogP contribution in [0.25, 0.3) is 0 Å². The zero-order chi connectivity index (χ0) is 20.6. The van der Waals surface area contributed by atoms with E-state index >= 15 is 0 Å². The molecular formula is C22H26N3O3S+. The van der Waals surface area contributed by atoms with Crippen molar-refractivity contribution in [1.82, 2.24) is 10.9 Å². The van der Waals surface area contributed by atoms with Crippen molar-refractivity contribution in [2.45, 2.75) is 32.2 Å².